The van der Waals surface area contributed by atoms with Crippen LogP contribution < -0.4 is 5.06 Å². The second kappa shape index (κ2) is 7.96. The van der Waals surface area contributed by atoms with Gasteiger partial charge < -0.3 is 0 Å². The summed E-state index contributed by atoms with van der Waals surface area (Å²) in [4.78, 5) is 17.1. The number of fused-ring (bicyclic) bond motifs is 1. The zero-order valence-electron chi connectivity index (χ0n) is 12.5. The van der Waals surface area contributed by atoms with Crippen molar-refractivity contribution in [2.45, 2.75) is 31.7 Å². The van der Waals surface area contributed by atoms with Gasteiger partial charge in [-0.25, -0.2) is 13.6 Å². The van der Waals surface area contributed by atoms with E-state index in [0.29, 0.717) is 12.2 Å². The molecule has 2 unspecified atom stereocenters. The fraction of sp³-hybridized carbons (Fsp3) is 0.353. The van der Waals surface area contributed by atoms with Crippen molar-refractivity contribution in [2.75, 3.05) is 7.11 Å². The van der Waals surface area contributed by atoms with Gasteiger partial charge in [-0.05, 0) is 43.0 Å². The Morgan fingerprint density at radius 1 is 1.14 bits per heavy atom. The lowest BCUT2D eigenvalue weighted by molar-refractivity contribution is -1.06. The van der Waals surface area contributed by atoms with Crippen LogP contribution in [0.5, 0.6) is 0 Å². The maximum absolute atomic E-state index is 11.9. The number of Topliss-reactive ketones (excluding diaryl/α,β-unsaturated/α-hetero) is 1. The van der Waals surface area contributed by atoms with Crippen molar-refractivity contribution < 1.29 is 23.5 Å². The Morgan fingerprint density at radius 2 is 1.77 bits per heavy atom. The third-order valence-corrected chi connectivity index (χ3v) is 3.75. The Balaban J connectivity index is 0.000000188. The number of allylic oxidation sites excluding steroid dienone is 2. The Labute approximate surface area is 128 Å². The van der Waals surface area contributed by atoms with Gasteiger partial charge in [-0.3, -0.25) is 4.79 Å². The molecule has 1 aliphatic heterocycles. The molecular formula is C17H20F2NO2+. The summed E-state index contributed by atoms with van der Waals surface area (Å²) in [6.07, 6.45) is 9.82. The van der Waals surface area contributed by atoms with Crippen LogP contribution in [0.4, 0.5) is 8.78 Å². The van der Waals surface area contributed by atoms with Crippen LogP contribution in [0.2, 0.25) is 0 Å². The van der Waals surface area contributed by atoms with Gasteiger partial charge in [0.1, 0.15) is 6.20 Å². The van der Waals surface area contributed by atoms with Crippen molar-refractivity contribution in [1.29, 1.82) is 0 Å². The smallest absolute Gasteiger partial charge is 0.202 e. The molecule has 1 aromatic carbocycles. The topological polar surface area (TPSA) is 30.7 Å². The summed E-state index contributed by atoms with van der Waals surface area (Å²) in [7, 11) is 1.64. The van der Waals surface area contributed by atoms with E-state index in [4.69, 9.17) is 4.84 Å². The Bertz CT molecular complexity index is 563. The molecule has 22 heavy (non-hydrogen) atoms. The fourth-order valence-corrected chi connectivity index (χ4v) is 2.63. The van der Waals surface area contributed by atoms with Crippen LogP contribution in [-0.4, -0.2) is 18.9 Å². The highest BCUT2D eigenvalue weighted by Gasteiger charge is 2.35. The van der Waals surface area contributed by atoms with Crippen LogP contribution in [-0.2, 0) is 9.63 Å². The summed E-state index contributed by atoms with van der Waals surface area (Å²) >= 11 is 0. The van der Waals surface area contributed by atoms with Crippen LogP contribution in [0.3, 0.4) is 0 Å². The van der Waals surface area contributed by atoms with Crippen LogP contribution >= 0.6 is 0 Å². The number of carbonyl (C=O) groups excluding carboxylic acids is 1. The van der Waals surface area contributed by atoms with E-state index in [2.05, 4.69) is 6.08 Å². The quantitative estimate of drug-likeness (QED) is 0.863. The average Bonchev–Trinajstić information content (AvgIpc) is 2.73. The minimum atomic E-state index is -0.799. The molecule has 0 radical (unpaired) electrons. The van der Waals surface area contributed by atoms with Gasteiger partial charge in [0, 0.05) is 6.42 Å². The number of nitrogens with one attached hydrogen (secondary N) is 1. The lowest BCUT2D eigenvalue weighted by Gasteiger charge is -2.23. The molecule has 3 nitrogen and oxygen atoms in total. The lowest BCUT2D eigenvalue weighted by atomic mass is 9.99. The molecule has 0 saturated heterocycles. The van der Waals surface area contributed by atoms with Crippen molar-refractivity contribution in [3.63, 3.8) is 0 Å². The van der Waals surface area contributed by atoms with E-state index in [1.165, 1.54) is 17.7 Å². The highest BCUT2D eigenvalue weighted by molar-refractivity contribution is 5.86. The number of quaternary nitrogens is 1. The molecule has 1 aromatic rings. The van der Waals surface area contributed by atoms with Gasteiger partial charge in [-0.2, -0.15) is 5.06 Å². The zero-order valence-corrected chi connectivity index (χ0v) is 12.5. The van der Waals surface area contributed by atoms with Gasteiger partial charge in [0.25, 0.3) is 0 Å². The number of ketones is 1. The first-order valence-electron chi connectivity index (χ1n) is 7.34. The first kappa shape index (κ1) is 16.5. The predicted molar refractivity (Wildman–Crippen MR) is 78.8 cm³/mol. The van der Waals surface area contributed by atoms with E-state index in [0.717, 1.165) is 36.5 Å². The summed E-state index contributed by atoms with van der Waals surface area (Å²) in [6.45, 7) is 0. The number of hydroxylamine groups is 2. The zero-order chi connectivity index (χ0) is 15.9. The molecule has 1 fully saturated rings. The number of hydrogen-bond donors (Lipinski definition) is 1. The largest absolute Gasteiger partial charge is 0.292 e. The second-order valence-electron chi connectivity index (χ2n) is 5.23. The molecule has 0 bridgehead atoms. The molecule has 1 aliphatic carbocycles. The van der Waals surface area contributed by atoms with Crippen molar-refractivity contribution >= 4 is 5.78 Å². The molecule has 0 amide bonds. The predicted octanol–water partition coefficient (Wildman–Crippen LogP) is 2.36. The lowest BCUT2D eigenvalue weighted by Crippen LogP contribution is -3.12. The molecule has 1 heterocycles. The molecular weight excluding hydrogens is 288 g/mol. The van der Waals surface area contributed by atoms with Crippen molar-refractivity contribution in [2.24, 2.45) is 0 Å². The molecule has 0 aromatic heterocycles. The monoisotopic (exact) mass is 308 g/mol. The molecule has 2 aliphatic rings. The normalized spacial score (nSPS) is 23.8. The maximum Gasteiger partial charge on any atom is 0.202 e. The van der Waals surface area contributed by atoms with Gasteiger partial charge in [0.2, 0.25) is 6.04 Å². The third kappa shape index (κ3) is 4.08. The summed E-state index contributed by atoms with van der Waals surface area (Å²) in [5.74, 6) is -1.28. The van der Waals surface area contributed by atoms with E-state index in [1.807, 2.05) is 12.3 Å². The van der Waals surface area contributed by atoms with Gasteiger partial charge in [-0.15, -0.1) is 0 Å². The Kier molecular flexibility index (Phi) is 5.98. The average molecular weight is 308 g/mol. The number of halogens is 2. The van der Waals surface area contributed by atoms with Crippen LogP contribution in [0.1, 0.15) is 25.7 Å². The van der Waals surface area contributed by atoms with E-state index in [9.17, 15) is 13.6 Å². The standard InChI is InChI=1S/C11H15NO2.C6H4F2/c1-14-12-8-4-6-9-5-2-3-7-10(13)11(9)12;7-5-3-1-2-4-6(5)8/h4,6,8,11H,2-3,5,7H2,1H3;1-4H/p+1. The van der Waals surface area contributed by atoms with Gasteiger partial charge in [0.15, 0.2) is 17.4 Å². The SMILES string of the molecule is CO[NH+]1C=CC=C2CCCCC(=O)C21.Fc1ccccc1F. The maximum atomic E-state index is 11.9. The van der Waals surface area contributed by atoms with E-state index in [1.54, 1.807) is 7.11 Å². The molecule has 5 heteroatoms. The Hall–Kier alpha value is -1.85. The Morgan fingerprint density at radius 3 is 2.36 bits per heavy atom. The van der Waals surface area contributed by atoms with Crippen LogP contribution in [0.25, 0.3) is 0 Å². The molecule has 1 saturated carbocycles. The number of benzene rings is 1. The van der Waals surface area contributed by atoms with Gasteiger partial charge >= 0.3 is 0 Å². The fourth-order valence-electron chi connectivity index (χ4n) is 2.63. The van der Waals surface area contributed by atoms with E-state index in [-0.39, 0.29) is 6.04 Å². The molecule has 2 atom stereocenters. The first-order chi connectivity index (χ1) is 10.6. The number of rotatable bonds is 1. The van der Waals surface area contributed by atoms with Gasteiger partial charge in [0.05, 0.1) is 7.11 Å². The highest BCUT2D eigenvalue weighted by Crippen LogP contribution is 2.20. The highest BCUT2D eigenvalue weighted by atomic mass is 19.2. The second-order valence-corrected chi connectivity index (χ2v) is 5.23. The summed E-state index contributed by atoms with van der Waals surface area (Å²) in [6, 6.07) is 4.97. The third-order valence-electron chi connectivity index (χ3n) is 3.75. The number of carbonyl (C=O) groups is 1. The van der Waals surface area contributed by atoms with Crippen LogP contribution in [0.15, 0.2) is 48.2 Å². The van der Waals surface area contributed by atoms with E-state index >= 15 is 0 Å². The summed E-state index contributed by atoms with van der Waals surface area (Å²) < 4.78 is 23.9. The van der Waals surface area contributed by atoms with Crippen molar-refractivity contribution in [3.05, 3.63) is 59.8 Å². The minimum Gasteiger partial charge on any atom is -0.292 e. The van der Waals surface area contributed by atoms with Gasteiger partial charge in [-0.1, -0.05) is 18.2 Å². The van der Waals surface area contributed by atoms with Crippen LogP contribution in [0, 0.1) is 11.6 Å². The van der Waals surface area contributed by atoms with Crippen molar-refractivity contribution in [3.8, 4) is 0 Å². The first-order valence-corrected chi connectivity index (χ1v) is 7.34. The molecule has 0 spiro atoms. The molecule has 3 rings (SSSR count). The molecule has 118 valence electrons. The minimum absolute atomic E-state index is 0.0764. The summed E-state index contributed by atoms with van der Waals surface area (Å²) in [5.41, 5.74) is 1.23. The van der Waals surface area contributed by atoms with Crippen molar-refractivity contribution in [1.82, 2.24) is 0 Å². The number of hydrogen-bond acceptors (Lipinski definition) is 2. The van der Waals surface area contributed by atoms with E-state index < -0.39 is 11.6 Å². The molecule has 1 N–H and O–H groups in total. The summed E-state index contributed by atoms with van der Waals surface area (Å²) in [5, 5.41) is 0.814.